The number of benzene rings is 1. The fourth-order valence-corrected chi connectivity index (χ4v) is 3.54. The van der Waals surface area contributed by atoms with Crippen LogP contribution in [-0.4, -0.2) is 7.85 Å². The highest BCUT2D eigenvalue weighted by Crippen LogP contribution is 2.47. The van der Waals surface area contributed by atoms with Crippen molar-refractivity contribution in [3.63, 3.8) is 0 Å². The van der Waals surface area contributed by atoms with E-state index in [1.807, 2.05) is 6.08 Å². The lowest BCUT2D eigenvalue weighted by Crippen LogP contribution is -2.20. The molecule has 1 heteroatoms. The zero-order valence-electron chi connectivity index (χ0n) is 15.4. The van der Waals surface area contributed by atoms with E-state index >= 15 is 0 Å². The molecule has 2 rings (SSSR count). The second-order valence-electron chi connectivity index (χ2n) is 8.47. The topological polar surface area (TPSA) is 0 Å². The quantitative estimate of drug-likeness (QED) is 0.468. The predicted octanol–water partition coefficient (Wildman–Crippen LogP) is 5.94. The Morgan fingerprint density at radius 2 is 1.87 bits per heavy atom. The zero-order valence-corrected chi connectivity index (χ0v) is 15.4. The van der Waals surface area contributed by atoms with Crippen molar-refractivity contribution in [1.29, 1.82) is 0 Å². The maximum atomic E-state index is 6.32. The minimum absolute atomic E-state index is 0.00198. The van der Waals surface area contributed by atoms with Crippen LogP contribution < -0.4 is 0 Å². The number of hydrogen-bond acceptors (Lipinski definition) is 0. The van der Waals surface area contributed by atoms with E-state index in [0.29, 0.717) is 5.92 Å². The van der Waals surface area contributed by atoms with Gasteiger partial charge in [-0.25, -0.2) is 0 Å². The van der Waals surface area contributed by atoms with Crippen LogP contribution in [0, 0.1) is 19.3 Å². The van der Waals surface area contributed by atoms with Gasteiger partial charge < -0.3 is 0 Å². The first-order chi connectivity index (χ1) is 10.6. The minimum Gasteiger partial charge on any atom is -0.115 e. The summed E-state index contributed by atoms with van der Waals surface area (Å²) in [5, 5.41) is 0.00198. The van der Waals surface area contributed by atoms with Crippen molar-refractivity contribution in [2.45, 2.75) is 76.9 Å². The first-order valence-corrected chi connectivity index (χ1v) is 8.71. The largest absolute Gasteiger partial charge is 0.115 e. The summed E-state index contributed by atoms with van der Waals surface area (Å²) >= 11 is 0. The van der Waals surface area contributed by atoms with Gasteiger partial charge in [-0.05, 0) is 65.5 Å². The highest BCUT2D eigenvalue weighted by Gasteiger charge is 2.29. The smallest absolute Gasteiger partial charge is 0.0742 e. The Kier molecular flexibility index (Phi) is 5.15. The molecule has 0 bridgehead atoms. The van der Waals surface area contributed by atoms with Crippen molar-refractivity contribution in [2.24, 2.45) is 0 Å². The van der Waals surface area contributed by atoms with E-state index in [-0.39, 0.29) is 10.7 Å². The summed E-state index contributed by atoms with van der Waals surface area (Å²) in [5.74, 6) is 3.22. The molecule has 0 spiro atoms. The molecule has 0 atom stereocenters. The Morgan fingerprint density at radius 3 is 2.39 bits per heavy atom. The molecule has 0 saturated heterocycles. The third-order valence-electron chi connectivity index (χ3n) is 5.20. The molecule has 1 aromatic rings. The van der Waals surface area contributed by atoms with Crippen LogP contribution in [0.25, 0.3) is 6.08 Å². The molecule has 120 valence electrons. The fraction of sp³-hybridized carbons (Fsp3) is 0.545. The van der Waals surface area contributed by atoms with E-state index < -0.39 is 0 Å². The third-order valence-corrected chi connectivity index (χ3v) is 5.20. The van der Waals surface area contributed by atoms with Crippen molar-refractivity contribution >= 4 is 13.9 Å². The molecule has 1 fully saturated rings. The molecule has 1 aliphatic carbocycles. The summed E-state index contributed by atoms with van der Waals surface area (Å²) in [4.78, 5) is 0. The molecule has 1 aromatic carbocycles. The lowest BCUT2D eigenvalue weighted by molar-refractivity contribution is 0.363. The molecule has 0 unspecified atom stereocenters. The monoisotopic (exact) mass is 304 g/mol. The Hall–Kier alpha value is -1.42. The summed E-state index contributed by atoms with van der Waals surface area (Å²) in [7, 11) is 6.32. The van der Waals surface area contributed by atoms with Gasteiger partial charge in [-0.3, -0.25) is 0 Å². The molecule has 2 radical (unpaired) electrons. The molecule has 23 heavy (non-hydrogen) atoms. The average Bonchev–Trinajstić information content (AvgIpc) is 2.44. The van der Waals surface area contributed by atoms with E-state index in [9.17, 15) is 0 Å². The van der Waals surface area contributed by atoms with E-state index in [4.69, 9.17) is 14.3 Å². The predicted molar refractivity (Wildman–Crippen MR) is 103 cm³/mol. The Morgan fingerprint density at radius 1 is 1.26 bits per heavy atom. The fourth-order valence-electron chi connectivity index (χ4n) is 3.54. The minimum atomic E-state index is 0.00198. The van der Waals surface area contributed by atoms with Crippen LogP contribution in [0.4, 0.5) is 0 Å². The van der Waals surface area contributed by atoms with Crippen molar-refractivity contribution in [3.05, 3.63) is 40.5 Å². The molecular weight excluding hydrogens is 275 g/mol. The lowest BCUT2D eigenvalue weighted by atomic mass is 9.59. The van der Waals surface area contributed by atoms with E-state index in [1.165, 1.54) is 22.3 Å². The van der Waals surface area contributed by atoms with E-state index in [0.717, 1.165) is 25.7 Å². The van der Waals surface area contributed by atoms with Gasteiger partial charge in [0.15, 0.2) is 0 Å². The standard InChI is InChI=1S/C22H29B/c1-7-8-9-19-16(2)14-18(21(3,4)5)15-20(19)17-10-12-22(6,23)13-11-17/h1,8-9,14-15,17H,10-13H2,2-6H3/b9-8-. The van der Waals surface area contributed by atoms with Crippen LogP contribution in [-0.2, 0) is 5.41 Å². The Balaban J connectivity index is 2.48. The van der Waals surface area contributed by atoms with Crippen molar-refractivity contribution in [3.8, 4) is 12.3 Å². The maximum absolute atomic E-state index is 6.32. The molecule has 1 saturated carbocycles. The molecule has 0 heterocycles. The first-order valence-electron chi connectivity index (χ1n) is 8.71. The van der Waals surface area contributed by atoms with Gasteiger partial charge in [0.2, 0.25) is 0 Å². The third kappa shape index (κ3) is 4.32. The lowest BCUT2D eigenvalue weighted by Gasteiger charge is -2.36. The van der Waals surface area contributed by atoms with Gasteiger partial charge in [-0.2, -0.15) is 0 Å². The molecule has 0 N–H and O–H groups in total. The number of terminal acetylenes is 1. The SMILES string of the molecule is [B]C1(C)CCC(c2cc(C(C)(C)C)cc(C)c2/C=C\C#C)CC1. The second kappa shape index (κ2) is 6.60. The zero-order chi connectivity index (χ0) is 17.3. The van der Waals surface area contributed by atoms with Crippen LogP contribution >= 0.6 is 0 Å². The molecular formula is C22H29B. The highest BCUT2D eigenvalue weighted by molar-refractivity contribution is 6.14. The van der Waals surface area contributed by atoms with Crippen LogP contribution in [0.5, 0.6) is 0 Å². The summed E-state index contributed by atoms with van der Waals surface area (Å²) in [5.41, 5.74) is 5.65. The van der Waals surface area contributed by atoms with Crippen LogP contribution in [0.15, 0.2) is 18.2 Å². The van der Waals surface area contributed by atoms with Gasteiger partial charge in [0.05, 0.1) is 7.85 Å². The van der Waals surface area contributed by atoms with Gasteiger partial charge in [0.1, 0.15) is 0 Å². The summed E-state index contributed by atoms with van der Waals surface area (Å²) < 4.78 is 0. The average molecular weight is 304 g/mol. The molecule has 0 amide bonds. The van der Waals surface area contributed by atoms with Crippen molar-refractivity contribution in [1.82, 2.24) is 0 Å². The number of allylic oxidation sites excluding steroid dienone is 1. The van der Waals surface area contributed by atoms with Crippen molar-refractivity contribution in [2.75, 3.05) is 0 Å². The van der Waals surface area contributed by atoms with Gasteiger partial charge >= 0.3 is 0 Å². The maximum Gasteiger partial charge on any atom is 0.0742 e. The van der Waals surface area contributed by atoms with Gasteiger partial charge in [0, 0.05) is 0 Å². The van der Waals surface area contributed by atoms with Crippen LogP contribution in [0.2, 0.25) is 5.31 Å². The molecule has 0 aromatic heterocycles. The number of aryl methyl sites for hydroxylation is 1. The van der Waals surface area contributed by atoms with Gasteiger partial charge in [-0.1, -0.05) is 63.9 Å². The summed E-state index contributed by atoms with van der Waals surface area (Å²) in [6.07, 6.45) is 13.9. The molecule has 0 aliphatic heterocycles. The first kappa shape index (κ1) is 17.9. The molecule has 0 nitrogen and oxygen atoms in total. The number of rotatable bonds is 2. The summed E-state index contributed by atoms with van der Waals surface area (Å²) in [6, 6.07) is 4.72. The second-order valence-corrected chi connectivity index (χ2v) is 8.47. The number of hydrogen-bond donors (Lipinski definition) is 0. The Bertz CT molecular complexity index is 625. The van der Waals surface area contributed by atoms with Gasteiger partial charge in [0.25, 0.3) is 0 Å². The normalized spacial score (nSPS) is 25.5. The van der Waals surface area contributed by atoms with E-state index in [2.05, 4.69) is 58.7 Å². The summed E-state index contributed by atoms with van der Waals surface area (Å²) in [6.45, 7) is 11.2. The van der Waals surface area contributed by atoms with E-state index in [1.54, 1.807) is 0 Å². The van der Waals surface area contributed by atoms with Crippen LogP contribution in [0.1, 0.15) is 81.5 Å². The van der Waals surface area contributed by atoms with Crippen LogP contribution in [0.3, 0.4) is 0 Å². The Labute approximate surface area is 144 Å². The molecule has 1 aliphatic rings. The van der Waals surface area contributed by atoms with Gasteiger partial charge in [-0.15, -0.1) is 6.42 Å². The van der Waals surface area contributed by atoms with Crippen molar-refractivity contribution < 1.29 is 0 Å². The highest BCUT2D eigenvalue weighted by atomic mass is 14.3.